The molecule has 1 atom stereocenters. The molecule has 2 aliphatic carbocycles. The van der Waals surface area contributed by atoms with Gasteiger partial charge < -0.3 is 10.1 Å². The van der Waals surface area contributed by atoms with E-state index >= 15 is 0 Å². The highest BCUT2D eigenvalue weighted by Gasteiger charge is 2.27. The van der Waals surface area contributed by atoms with Gasteiger partial charge >= 0.3 is 5.97 Å². The lowest BCUT2D eigenvalue weighted by Gasteiger charge is -2.17. The number of aryl methyl sites for hydroxylation is 1. The fraction of sp³-hybridized carbons (Fsp3) is 0.458. The predicted molar refractivity (Wildman–Crippen MR) is 113 cm³/mol. The van der Waals surface area contributed by atoms with Gasteiger partial charge in [-0.25, -0.2) is 4.79 Å². The zero-order valence-electron chi connectivity index (χ0n) is 17.0. The Bertz CT molecular complexity index is 964. The summed E-state index contributed by atoms with van der Waals surface area (Å²) in [7, 11) is 0. The van der Waals surface area contributed by atoms with Crippen LogP contribution in [-0.2, 0) is 22.4 Å². The van der Waals surface area contributed by atoms with Crippen molar-refractivity contribution >= 4 is 22.8 Å². The van der Waals surface area contributed by atoms with E-state index in [1.165, 1.54) is 18.4 Å². The Morgan fingerprint density at radius 2 is 2.00 bits per heavy atom. The van der Waals surface area contributed by atoms with Gasteiger partial charge in [0.25, 0.3) is 5.91 Å². The van der Waals surface area contributed by atoms with E-state index in [4.69, 9.17) is 9.72 Å². The lowest BCUT2D eigenvalue weighted by Crippen LogP contribution is -2.36. The Morgan fingerprint density at radius 1 is 1.14 bits per heavy atom. The number of pyridine rings is 1. The molecule has 1 aromatic carbocycles. The van der Waals surface area contributed by atoms with Crippen LogP contribution in [0.5, 0.6) is 0 Å². The summed E-state index contributed by atoms with van der Waals surface area (Å²) in [5.41, 5.74) is 4.76. The van der Waals surface area contributed by atoms with Crippen molar-refractivity contribution in [2.24, 2.45) is 0 Å². The van der Waals surface area contributed by atoms with Gasteiger partial charge in [-0.15, -0.1) is 0 Å². The van der Waals surface area contributed by atoms with E-state index in [0.717, 1.165) is 60.7 Å². The van der Waals surface area contributed by atoms with E-state index in [1.807, 2.05) is 24.3 Å². The molecule has 0 saturated carbocycles. The number of aromatic nitrogens is 1. The Kier molecular flexibility index (Phi) is 5.93. The Morgan fingerprint density at radius 3 is 2.83 bits per heavy atom. The fourth-order valence-electron chi connectivity index (χ4n) is 4.34. The molecular weight excluding hydrogens is 364 g/mol. The molecule has 1 heterocycles. The average Bonchev–Trinajstić information content (AvgIpc) is 3.20. The average molecular weight is 392 g/mol. The van der Waals surface area contributed by atoms with Crippen molar-refractivity contribution in [3.05, 3.63) is 52.7 Å². The van der Waals surface area contributed by atoms with Crippen LogP contribution in [0.1, 0.15) is 67.1 Å². The third kappa shape index (κ3) is 4.34. The maximum Gasteiger partial charge on any atom is 0.339 e. The Labute approximate surface area is 171 Å². The van der Waals surface area contributed by atoms with Gasteiger partial charge in [0.1, 0.15) is 0 Å². The van der Waals surface area contributed by atoms with Gasteiger partial charge in [-0.2, -0.15) is 0 Å². The maximum atomic E-state index is 13.0. The van der Waals surface area contributed by atoms with Crippen molar-refractivity contribution in [3.8, 4) is 0 Å². The molecule has 0 radical (unpaired) electrons. The molecule has 1 aromatic heterocycles. The van der Waals surface area contributed by atoms with Gasteiger partial charge in [0.05, 0.1) is 11.1 Å². The van der Waals surface area contributed by atoms with Crippen molar-refractivity contribution in [3.63, 3.8) is 0 Å². The molecule has 0 bridgehead atoms. The summed E-state index contributed by atoms with van der Waals surface area (Å²) in [4.78, 5) is 30.1. The fourth-order valence-corrected chi connectivity index (χ4v) is 4.34. The summed E-state index contributed by atoms with van der Waals surface area (Å²) in [5, 5.41) is 3.71. The number of para-hydroxylation sites is 1. The number of carbonyl (C=O) groups is 2. The molecule has 1 N–H and O–H groups in total. The van der Waals surface area contributed by atoms with Crippen LogP contribution in [0.25, 0.3) is 10.9 Å². The summed E-state index contributed by atoms with van der Waals surface area (Å²) in [5.74, 6) is -0.677. The normalized spacial score (nSPS) is 16.8. The predicted octanol–water partition coefficient (Wildman–Crippen LogP) is 4.28. The topological polar surface area (TPSA) is 68.3 Å². The van der Waals surface area contributed by atoms with Crippen LogP contribution in [0.15, 0.2) is 35.9 Å². The monoisotopic (exact) mass is 392 g/mol. The molecule has 1 amide bonds. The van der Waals surface area contributed by atoms with Gasteiger partial charge in [-0.1, -0.05) is 29.8 Å². The minimum Gasteiger partial charge on any atom is -0.449 e. The molecule has 29 heavy (non-hydrogen) atoms. The first-order valence-electron chi connectivity index (χ1n) is 10.7. The van der Waals surface area contributed by atoms with Gasteiger partial charge in [0, 0.05) is 17.6 Å². The van der Waals surface area contributed by atoms with E-state index in [0.29, 0.717) is 12.1 Å². The van der Waals surface area contributed by atoms with E-state index in [9.17, 15) is 9.59 Å². The van der Waals surface area contributed by atoms with Gasteiger partial charge in [0.2, 0.25) is 0 Å². The summed E-state index contributed by atoms with van der Waals surface area (Å²) in [6.07, 6.45) is 9.79. The second kappa shape index (κ2) is 8.76. The molecule has 0 spiro atoms. The van der Waals surface area contributed by atoms with Crippen molar-refractivity contribution in [1.82, 2.24) is 10.3 Å². The minimum atomic E-state index is -0.827. The highest BCUT2D eigenvalue weighted by atomic mass is 16.5. The summed E-state index contributed by atoms with van der Waals surface area (Å²) in [6.45, 7) is 2.22. The molecule has 152 valence electrons. The van der Waals surface area contributed by atoms with Crippen LogP contribution in [0.2, 0.25) is 0 Å². The largest absolute Gasteiger partial charge is 0.449 e. The molecule has 0 fully saturated rings. The third-order valence-corrected chi connectivity index (χ3v) is 5.91. The Hall–Kier alpha value is -2.69. The smallest absolute Gasteiger partial charge is 0.339 e. The maximum absolute atomic E-state index is 13.0. The first kappa shape index (κ1) is 19.6. The van der Waals surface area contributed by atoms with E-state index < -0.39 is 12.1 Å². The van der Waals surface area contributed by atoms with Crippen molar-refractivity contribution in [2.75, 3.05) is 6.54 Å². The molecule has 2 aliphatic rings. The number of nitrogens with zero attached hydrogens (tertiary/aromatic N) is 1. The second-order valence-electron chi connectivity index (χ2n) is 7.98. The van der Waals surface area contributed by atoms with E-state index in [1.54, 1.807) is 6.92 Å². The van der Waals surface area contributed by atoms with Crippen LogP contribution >= 0.6 is 0 Å². The number of benzene rings is 1. The molecule has 0 aliphatic heterocycles. The highest BCUT2D eigenvalue weighted by Crippen LogP contribution is 2.30. The highest BCUT2D eigenvalue weighted by molar-refractivity contribution is 6.05. The lowest BCUT2D eigenvalue weighted by molar-refractivity contribution is -0.129. The standard InChI is InChI=1S/C24H28N2O3/c1-16(23(27)25-15-14-17-8-3-2-4-9-17)29-24(28)22-18-10-5-6-12-20(18)26-21-13-7-11-19(21)22/h5-6,8,10,12,16H,2-4,7,9,11,13-15H2,1H3,(H,25,27)/t16-/m0/s1. The quantitative estimate of drug-likeness (QED) is 0.589. The van der Waals surface area contributed by atoms with Crippen LogP contribution < -0.4 is 5.32 Å². The first-order valence-corrected chi connectivity index (χ1v) is 10.7. The molecular formula is C24H28N2O3. The zero-order valence-corrected chi connectivity index (χ0v) is 17.0. The zero-order chi connectivity index (χ0) is 20.2. The van der Waals surface area contributed by atoms with Gasteiger partial charge in [-0.3, -0.25) is 9.78 Å². The van der Waals surface area contributed by atoms with Gasteiger partial charge in [-0.05, 0) is 69.9 Å². The number of hydrogen-bond acceptors (Lipinski definition) is 4. The third-order valence-electron chi connectivity index (χ3n) is 5.91. The number of fused-ring (bicyclic) bond motifs is 2. The SMILES string of the molecule is C[C@H](OC(=O)c1c2c(nc3ccccc13)CCC2)C(=O)NCCC1=CCCCC1. The van der Waals surface area contributed by atoms with Crippen LogP contribution in [0, 0.1) is 0 Å². The molecule has 0 saturated heterocycles. The van der Waals surface area contributed by atoms with E-state index in [-0.39, 0.29) is 5.91 Å². The number of ether oxygens (including phenoxy) is 1. The number of amides is 1. The summed E-state index contributed by atoms with van der Waals surface area (Å²) >= 11 is 0. The molecule has 5 heteroatoms. The number of carbonyl (C=O) groups excluding carboxylic acids is 2. The number of esters is 1. The van der Waals surface area contributed by atoms with Crippen molar-refractivity contribution in [1.29, 1.82) is 0 Å². The Balaban J connectivity index is 1.42. The number of rotatable bonds is 6. The summed E-state index contributed by atoms with van der Waals surface area (Å²) in [6, 6.07) is 7.64. The van der Waals surface area contributed by atoms with Gasteiger partial charge in [0.15, 0.2) is 6.10 Å². The minimum absolute atomic E-state index is 0.246. The van der Waals surface area contributed by atoms with Crippen LogP contribution in [0.4, 0.5) is 0 Å². The first-order chi connectivity index (χ1) is 14.1. The van der Waals surface area contributed by atoms with Crippen molar-refractivity contribution in [2.45, 2.75) is 64.4 Å². The molecule has 5 nitrogen and oxygen atoms in total. The van der Waals surface area contributed by atoms with Crippen LogP contribution in [-0.4, -0.2) is 29.5 Å². The molecule has 2 aromatic rings. The summed E-state index contributed by atoms with van der Waals surface area (Å²) < 4.78 is 5.58. The van der Waals surface area contributed by atoms with Crippen molar-refractivity contribution < 1.29 is 14.3 Å². The molecule has 4 rings (SSSR count). The molecule has 0 unspecified atom stereocenters. The van der Waals surface area contributed by atoms with Crippen LogP contribution in [0.3, 0.4) is 0 Å². The number of hydrogen-bond donors (Lipinski definition) is 1. The number of nitrogens with one attached hydrogen (secondary N) is 1. The second-order valence-corrected chi connectivity index (χ2v) is 7.98. The van der Waals surface area contributed by atoms with E-state index in [2.05, 4.69) is 11.4 Å². The lowest BCUT2D eigenvalue weighted by atomic mass is 9.97. The number of allylic oxidation sites excluding steroid dienone is 1.